The molecule has 0 bridgehead atoms. The molecule has 1 amide bonds. The smallest absolute Gasteiger partial charge is 0.227 e. The van der Waals surface area contributed by atoms with E-state index in [0.717, 1.165) is 30.0 Å². The van der Waals surface area contributed by atoms with Crippen LogP contribution in [0.3, 0.4) is 0 Å². The van der Waals surface area contributed by atoms with E-state index in [4.69, 9.17) is 4.74 Å². The maximum Gasteiger partial charge on any atom is 0.227 e. The highest BCUT2D eigenvalue weighted by atomic mass is 16.5. The van der Waals surface area contributed by atoms with Crippen LogP contribution in [-0.4, -0.2) is 41.9 Å². The van der Waals surface area contributed by atoms with Gasteiger partial charge in [-0.15, -0.1) is 0 Å². The van der Waals surface area contributed by atoms with E-state index in [1.54, 1.807) is 6.20 Å². The molecule has 110 valence electrons. The number of ether oxygens (including phenoxy) is 1. The number of nitrogens with zero attached hydrogens (tertiary/aromatic N) is 1. The molecule has 3 N–H and O–H groups in total. The van der Waals surface area contributed by atoms with Crippen LogP contribution in [0.4, 0.5) is 5.69 Å². The number of carbonyl (C=O) groups excluding carboxylic acids is 1. The summed E-state index contributed by atoms with van der Waals surface area (Å²) in [5.74, 6) is -0.0366. The highest BCUT2D eigenvalue weighted by Gasteiger charge is 2.17. The van der Waals surface area contributed by atoms with Gasteiger partial charge in [-0.25, -0.2) is 0 Å². The average Bonchev–Trinajstić information content (AvgIpc) is 3.02. The summed E-state index contributed by atoms with van der Waals surface area (Å²) in [5, 5.41) is 13.0. The van der Waals surface area contributed by atoms with Crippen LogP contribution in [0.2, 0.25) is 0 Å². The molecule has 0 spiro atoms. The van der Waals surface area contributed by atoms with Gasteiger partial charge in [-0.05, 0) is 18.2 Å². The third-order valence-electron chi connectivity index (χ3n) is 3.38. The molecule has 1 aliphatic rings. The normalized spacial score (nSPS) is 18.4. The lowest BCUT2D eigenvalue weighted by molar-refractivity contribution is -0.119. The summed E-state index contributed by atoms with van der Waals surface area (Å²) in [4.78, 5) is 12.0. The topological polar surface area (TPSA) is 79.0 Å². The predicted octanol–water partition coefficient (Wildman–Crippen LogP) is 1.39. The summed E-state index contributed by atoms with van der Waals surface area (Å²) in [5.41, 5.74) is 2.68. The quantitative estimate of drug-likeness (QED) is 0.793. The third-order valence-corrected chi connectivity index (χ3v) is 3.38. The van der Waals surface area contributed by atoms with Crippen molar-refractivity contribution in [3.8, 4) is 11.3 Å². The van der Waals surface area contributed by atoms with Crippen molar-refractivity contribution in [1.82, 2.24) is 15.5 Å². The second-order valence-electron chi connectivity index (χ2n) is 5.00. The molecule has 0 saturated carbocycles. The van der Waals surface area contributed by atoms with Gasteiger partial charge in [-0.3, -0.25) is 9.89 Å². The standard InChI is InChI=1S/C15H18N4O2/c20-15(9-13-10-16-6-7-21-13)18-12-3-1-2-11(8-12)14-4-5-17-19-14/h1-5,8,13,16H,6-7,9-10H2,(H,17,19)(H,18,20). The van der Waals surface area contributed by atoms with E-state index >= 15 is 0 Å². The van der Waals surface area contributed by atoms with Crippen LogP contribution in [0.25, 0.3) is 11.3 Å². The fraction of sp³-hybridized carbons (Fsp3) is 0.333. The molecule has 0 aliphatic carbocycles. The number of aromatic amines is 1. The molecular formula is C15H18N4O2. The summed E-state index contributed by atoms with van der Waals surface area (Å²) in [6, 6.07) is 9.56. The molecule has 1 aliphatic heterocycles. The number of hydrogen-bond acceptors (Lipinski definition) is 4. The minimum absolute atomic E-state index is 0.0366. The van der Waals surface area contributed by atoms with Crippen LogP contribution in [-0.2, 0) is 9.53 Å². The van der Waals surface area contributed by atoms with E-state index in [1.165, 1.54) is 0 Å². The second-order valence-corrected chi connectivity index (χ2v) is 5.00. The fourth-order valence-corrected chi connectivity index (χ4v) is 2.35. The van der Waals surface area contributed by atoms with Crippen LogP contribution in [0, 0.1) is 0 Å². The van der Waals surface area contributed by atoms with Crippen LogP contribution in [0.1, 0.15) is 6.42 Å². The number of nitrogens with one attached hydrogen (secondary N) is 3. The highest BCUT2D eigenvalue weighted by Crippen LogP contribution is 2.20. The Bertz CT molecular complexity index is 591. The zero-order chi connectivity index (χ0) is 14.5. The molecule has 1 aromatic carbocycles. The van der Waals surface area contributed by atoms with Gasteiger partial charge in [0.15, 0.2) is 0 Å². The second kappa shape index (κ2) is 6.51. The highest BCUT2D eigenvalue weighted by molar-refractivity contribution is 5.91. The van der Waals surface area contributed by atoms with E-state index in [1.807, 2.05) is 30.3 Å². The Balaban J connectivity index is 1.62. The Morgan fingerprint density at radius 1 is 1.43 bits per heavy atom. The number of H-pyrrole nitrogens is 1. The van der Waals surface area contributed by atoms with E-state index in [0.29, 0.717) is 13.0 Å². The Morgan fingerprint density at radius 2 is 2.38 bits per heavy atom. The van der Waals surface area contributed by atoms with Gasteiger partial charge in [0.25, 0.3) is 0 Å². The lowest BCUT2D eigenvalue weighted by Crippen LogP contribution is -2.40. The van der Waals surface area contributed by atoms with Gasteiger partial charge in [0.05, 0.1) is 24.8 Å². The molecule has 21 heavy (non-hydrogen) atoms. The summed E-state index contributed by atoms with van der Waals surface area (Å²) in [6.07, 6.45) is 2.02. The van der Waals surface area contributed by atoms with E-state index < -0.39 is 0 Å². The van der Waals surface area contributed by atoms with Crippen LogP contribution >= 0.6 is 0 Å². The predicted molar refractivity (Wildman–Crippen MR) is 79.9 cm³/mol. The third kappa shape index (κ3) is 3.68. The molecule has 2 aromatic rings. The largest absolute Gasteiger partial charge is 0.375 e. The van der Waals surface area contributed by atoms with Crippen molar-refractivity contribution in [2.45, 2.75) is 12.5 Å². The van der Waals surface area contributed by atoms with Gasteiger partial charge in [0.1, 0.15) is 0 Å². The number of anilines is 1. The van der Waals surface area contributed by atoms with Gasteiger partial charge in [-0.2, -0.15) is 5.10 Å². The molecule has 6 nitrogen and oxygen atoms in total. The molecule has 1 aromatic heterocycles. The molecule has 1 atom stereocenters. The van der Waals surface area contributed by atoms with Crippen molar-refractivity contribution < 1.29 is 9.53 Å². The number of morpholine rings is 1. The van der Waals surface area contributed by atoms with Gasteiger partial charge in [0, 0.05) is 30.5 Å². The molecular weight excluding hydrogens is 268 g/mol. The van der Waals surface area contributed by atoms with Crippen molar-refractivity contribution in [3.05, 3.63) is 36.5 Å². The van der Waals surface area contributed by atoms with Gasteiger partial charge < -0.3 is 15.4 Å². The summed E-state index contributed by atoms with van der Waals surface area (Å²) in [6.45, 7) is 2.24. The van der Waals surface area contributed by atoms with Gasteiger partial charge >= 0.3 is 0 Å². The van der Waals surface area contributed by atoms with Crippen LogP contribution < -0.4 is 10.6 Å². The number of carbonyl (C=O) groups is 1. The lowest BCUT2D eigenvalue weighted by Gasteiger charge is -2.23. The Hall–Kier alpha value is -2.18. The lowest BCUT2D eigenvalue weighted by atomic mass is 10.1. The van der Waals surface area contributed by atoms with Crippen molar-refractivity contribution in [2.24, 2.45) is 0 Å². The first-order valence-corrected chi connectivity index (χ1v) is 7.03. The number of rotatable bonds is 4. The van der Waals surface area contributed by atoms with E-state index in [2.05, 4.69) is 20.8 Å². The monoisotopic (exact) mass is 286 g/mol. The summed E-state index contributed by atoms with van der Waals surface area (Å²) >= 11 is 0. The van der Waals surface area contributed by atoms with E-state index in [9.17, 15) is 4.79 Å². The first-order valence-electron chi connectivity index (χ1n) is 7.03. The minimum atomic E-state index is -0.0467. The Morgan fingerprint density at radius 3 is 3.14 bits per heavy atom. The first kappa shape index (κ1) is 13.8. The number of hydrogen-bond donors (Lipinski definition) is 3. The maximum absolute atomic E-state index is 12.0. The SMILES string of the molecule is O=C(CC1CNCCO1)Nc1cccc(-c2ccn[nH]2)c1. The molecule has 1 saturated heterocycles. The number of aromatic nitrogens is 2. The van der Waals surface area contributed by atoms with Crippen molar-refractivity contribution in [1.29, 1.82) is 0 Å². The Kier molecular flexibility index (Phi) is 4.28. The summed E-state index contributed by atoms with van der Waals surface area (Å²) in [7, 11) is 0. The first-order chi connectivity index (χ1) is 10.3. The molecule has 2 heterocycles. The zero-order valence-electron chi connectivity index (χ0n) is 11.6. The molecule has 3 rings (SSSR count). The minimum Gasteiger partial charge on any atom is -0.375 e. The number of amides is 1. The Labute approximate surface area is 122 Å². The van der Waals surface area contributed by atoms with Crippen LogP contribution in [0.5, 0.6) is 0 Å². The average molecular weight is 286 g/mol. The van der Waals surface area contributed by atoms with Crippen LogP contribution in [0.15, 0.2) is 36.5 Å². The molecule has 6 heteroatoms. The van der Waals surface area contributed by atoms with Crippen molar-refractivity contribution in [3.63, 3.8) is 0 Å². The maximum atomic E-state index is 12.0. The zero-order valence-corrected chi connectivity index (χ0v) is 11.6. The van der Waals surface area contributed by atoms with Crippen molar-refractivity contribution >= 4 is 11.6 Å². The molecule has 1 fully saturated rings. The fourth-order valence-electron chi connectivity index (χ4n) is 2.35. The number of benzene rings is 1. The van der Waals surface area contributed by atoms with Gasteiger partial charge in [-0.1, -0.05) is 12.1 Å². The summed E-state index contributed by atoms with van der Waals surface area (Å²) < 4.78 is 5.53. The van der Waals surface area contributed by atoms with Crippen molar-refractivity contribution in [2.75, 3.05) is 25.0 Å². The van der Waals surface area contributed by atoms with E-state index in [-0.39, 0.29) is 12.0 Å². The van der Waals surface area contributed by atoms with Gasteiger partial charge in [0.2, 0.25) is 5.91 Å². The molecule has 1 unspecified atom stereocenters. The molecule has 0 radical (unpaired) electrons.